The first-order valence-electron chi connectivity index (χ1n) is 6.15. The smallest absolute Gasteiger partial charge is 0.323 e. The highest BCUT2D eigenvalue weighted by Crippen LogP contribution is 2.18. The van der Waals surface area contributed by atoms with E-state index in [4.69, 9.17) is 10.5 Å². The highest BCUT2D eigenvalue weighted by molar-refractivity contribution is 6.04. The van der Waals surface area contributed by atoms with Crippen LogP contribution in [0.5, 0.6) is 6.01 Å². The van der Waals surface area contributed by atoms with Crippen molar-refractivity contribution in [2.45, 2.75) is 32.9 Å². The van der Waals surface area contributed by atoms with Crippen molar-refractivity contribution in [1.82, 2.24) is 20.3 Å². The molecule has 0 saturated carbocycles. The molecular weight excluding hydrogens is 264 g/mol. The maximum atomic E-state index is 11.6. The Labute approximate surface area is 115 Å². The van der Waals surface area contributed by atoms with Crippen LogP contribution >= 0.6 is 0 Å². The van der Waals surface area contributed by atoms with Crippen LogP contribution < -0.4 is 20.7 Å². The number of hydrogen-bond acceptors (Lipinski definition) is 8. The number of rotatable bonds is 3. The summed E-state index contributed by atoms with van der Waals surface area (Å²) in [5, 5.41) is 2.24. The average Bonchev–Trinajstić information content (AvgIpc) is 2.32. The van der Waals surface area contributed by atoms with Crippen molar-refractivity contribution >= 4 is 23.7 Å². The van der Waals surface area contributed by atoms with Gasteiger partial charge in [0.15, 0.2) is 0 Å². The number of nitrogens with two attached hydrogens (primary N) is 1. The van der Waals surface area contributed by atoms with E-state index in [9.17, 15) is 9.59 Å². The van der Waals surface area contributed by atoms with Gasteiger partial charge in [0.05, 0.1) is 6.10 Å². The van der Waals surface area contributed by atoms with Gasteiger partial charge in [-0.2, -0.15) is 15.0 Å². The van der Waals surface area contributed by atoms with E-state index in [-0.39, 0.29) is 30.6 Å². The number of ether oxygens (including phenoxy) is 1. The van der Waals surface area contributed by atoms with E-state index in [1.807, 2.05) is 13.8 Å². The second kappa shape index (κ2) is 5.27. The van der Waals surface area contributed by atoms with Crippen molar-refractivity contribution in [3.63, 3.8) is 0 Å². The Balaban J connectivity index is 2.33. The molecule has 1 saturated heterocycles. The van der Waals surface area contributed by atoms with Crippen LogP contribution in [-0.4, -0.2) is 45.5 Å². The highest BCUT2D eigenvalue weighted by Gasteiger charge is 2.32. The van der Waals surface area contributed by atoms with E-state index in [1.54, 1.807) is 6.92 Å². The van der Waals surface area contributed by atoms with E-state index in [1.165, 1.54) is 4.90 Å². The number of nitrogens with zero attached hydrogens (tertiary/aromatic N) is 4. The first-order chi connectivity index (χ1) is 9.36. The highest BCUT2D eigenvalue weighted by atomic mass is 16.5. The molecule has 9 nitrogen and oxygen atoms in total. The summed E-state index contributed by atoms with van der Waals surface area (Å²) in [4.78, 5) is 36.4. The first-order valence-corrected chi connectivity index (χ1v) is 6.15. The van der Waals surface area contributed by atoms with Crippen LogP contribution in [0.3, 0.4) is 0 Å². The monoisotopic (exact) mass is 280 g/mol. The molecule has 108 valence electrons. The zero-order valence-corrected chi connectivity index (χ0v) is 11.5. The molecule has 0 bridgehead atoms. The molecule has 1 aromatic rings. The molecule has 1 aromatic heterocycles. The van der Waals surface area contributed by atoms with Gasteiger partial charge in [-0.05, 0) is 20.8 Å². The number of nitrogens with one attached hydrogen (secondary N) is 1. The summed E-state index contributed by atoms with van der Waals surface area (Å²) >= 11 is 0. The quantitative estimate of drug-likeness (QED) is 0.682. The summed E-state index contributed by atoms with van der Waals surface area (Å²) in [5.41, 5.74) is 5.60. The second-order valence-electron chi connectivity index (χ2n) is 4.66. The summed E-state index contributed by atoms with van der Waals surface area (Å²) in [5.74, 6) is -0.717. The van der Waals surface area contributed by atoms with Gasteiger partial charge in [0.1, 0.15) is 12.6 Å². The van der Waals surface area contributed by atoms with Crippen LogP contribution in [0, 0.1) is 0 Å². The molecule has 3 N–H and O–H groups in total. The third kappa shape index (κ3) is 2.92. The van der Waals surface area contributed by atoms with E-state index in [0.717, 1.165) is 0 Å². The fourth-order valence-electron chi connectivity index (χ4n) is 1.71. The number of amides is 2. The zero-order chi connectivity index (χ0) is 14.9. The Morgan fingerprint density at radius 3 is 2.70 bits per heavy atom. The zero-order valence-electron chi connectivity index (χ0n) is 11.5. The summed E-state index contributed by atoms with van der Waals surface area (Å²) in [6, 6.07) is -0.519. The minimum absolute atomic E-state index is 0.0303. The van der Waals surface area contributed by atoms with Crippen molar-refractivity contribution in [2.24, 2.45) is 0 Å². The largest absolute Gasteiger partial charge is 0.461 e. The third-order valence-electron chi connectivity index (χ3n) is 2.64. The van der Waals surface area contributed by atoms with Crippen LogP contribution in [0.25, 0.3) is 0 Å². The van der Waals surface area contributed by atoms with Gasteiger partial charge in [-0.3, -0.25) is 14.9 Å². The van der Waals surface area contributed by atoms with Gasteiger partial charge in [-0.1, -0.05) is 0 Å². The van der Waals surface area contributed by atoms with Gasteiger partial charge in [-0.25, -0.2) is 0 Å². The third-order valence-corrected chi connectivity index (χ3v) is 2.64. The maximum absolute atomic E-state index is 11.6. The number of nitrogen functional groups attached to an aromatic ring is 1. The molecule has 20 heavy (non-hydrogen) atoms. The Morgan fingerprint density at radius 1 is 1.35 bits per heavy atom. The summed E-state index contributed by atoms with van der Waals surface area (Å²) in [6.07, 6.45) is -0.131. The number of piperazine rings is 1. The van der Waals surface area contributed by atoms with Crippen LogP contribution in [0.1, 0.15) is 20.8 Å². The van der Waals surface area contributed by atoms with E-state index in [2.05, 4.69) is 20.3 Å². The van der Waals surface area contributed by atoms with E-state index in [0.29, 0.717) is 0 Å². The van der Waals surface area contributed by atoms with Crippen molar-refractivity contribution in [2.75, 3.05) is 17.2 Å². The van der Waals surface area contributed by atoms with Crippen molar-refractivity contribution < 1.29 is 14.3 Å². The van der Waals surface area contributed by atoms with Crippen LogP contribution in [0.15, 0.2) is 0 Å². The lowest BCUT2D eigenvalue weighted by Crippen LogP contribution is -2.57. The first kappa shape index (κ1) is 14.0. The fraction of sp³-hybridized carbons (Fsp3) is 0.545. The average molecular weight is 280 g/mol. The number of aromatic nitrogens is 3. The van der Waals surface area contributed by atoms with E-state index >= 15 is 0 Å². The SMILES string of the molecule is CC(C)Oc1nc(N)nc(N2CC(=O)NC(=O)C2C)n1. The molecule has 0 aliphatic carbocycles. The molecule has 2 amide bonds. The summed E-state index contributed by atoms with van der Waals surface area (Å²) < 4.78 is 5.36. The fourth-order valence-corrected chi connectivity index (χ4v) is 1.71. The lowest BCUT2D eigenvalue weighted by molar-refractivity contribution is -0.132. The van der Waals surface area contributed by atoms with Crippen LogP contribution in [0.2, 0.25) is 0 Å². The van der Waals surface area contributed by atoms with Crippen molar-refractivity contribution in [3.05, 3.63) is 0 Å². The standard InChI is InChI=1S/C11H16N6O3/c1-5(2)20-11-15-9(12)14-10(16-11)17-4-7(18)13-8(19)6(17)3/h5-6H,4H2,1-3H3,(H,13,18,19)(H2,12,14,15,16). The van der Waals surface area contributed by atoms with Crippen molar-refractivity contribution in [3.8, 4) is 6.01 Å². The van der Waals surface area contributed by atoms with Gasteiger partial charge in [0.2, 0.25) is 23.7 Å². The predicted octanol–water partition coefficient (Wildman–Crippen LogP) is -0.908. The summed E-state index contributed by atoms with van der Waals surface area (Å²) in [6.45, 7) is 5.25. The number of imide groups is 1. The molecule has 1 atom stereocenters. The van der Waals surface area contributed by atoms with Gasteiger partial charge in [-0.15, -0.1) is 0 Å². The van der Waals surface area contributed by atoms with Gasteiger partial charge < -0.3 is 15.4 Å². The molecule has 1 unspecified atom stereocenters. The molecule has 0 radical (unpaired) electrons. The molecular formula is C11H16N6O3. The number of carbonyl (C=O) groups is 2. The molecule has 0 spiro atoms. The second-order valence-corrected chi connectivity index (χ2v) is 4.66. The molecule has 1 fully saturated rings. The number of hydrogen-bond donors (Lipinski definition) is 2. The Hall–Kier alpha value is -2.45. The van der Waals surface area contributed by atoms with Gasteiger partial charge >= 0.3 is 6.01 Å². The minimum atomic E-state index is -0.582. The minimum Gasteiger partial charge on any atom is -0.461 e. The normalized spacial score (nSPS) is 19.2. The topological polar surface area (TPSA) is 123 Å². The number of anilines is 2. The lowest BCUT2D eigenvalue weighted by Gasteiger charge is -2.31. The molecule has 2 heterocycles. The molecule has 0 aromatic carbocycles. The molecule has 1 aliphatic rings. The number of carbonyl (C=O) groups excluding carboxylic acids is 2. The van der Waals surface area contributed by atoms with Crippen molar-refractivity contribution in [1.29, 1.82) is 0 Å². The van der Waals surface area contributed by atoms with Gasteiger partial charge in [0.25, 0.3) is 0 Å². The summed E-state index contributed by atoms with van der Waals surface area (Å²) in [7, 11) is 0. The van der Waals surface area contributed by atoms with Crippen LogP contribution in [-0.2, 0) is 9.59 Å². The molecule has 2 rings (SSSR count). The van der Waals surface area contributed by atoms with Crippen LogP contribution in [0.4, 0.5) is 11.9 Å². The van der Waals surface area contributed by atoms with E-state index < -0.39 is 17.9 Å². The van der Waals surface area contributed by atoms with Gasteiger partial charge in [0, 0.05) is 0 Å². The maximum Gasteiger partial charge on any atom is 0.323 e. The lowest BCUT2D eigenvalue weighted by atomic mass is 10.2. The Bertz CT molecular complexity index is 547. The Morgan fingerprint density at radius 2 is 2.05 bits per heavy atom. The molecule has 9 heteroatoms. The molecule has 1 aliphatic heterocycles. The Kier molecular flexibility index (Phi) is 3.68. The predicted molar refractivity (Wildman–Crippen MR) is 70.0 cm³/mol.